The van der Waals surface area contributed by atoms with Crippen molar-refractivity contribution in [1.29, 1.82) is 0 Å². The summed E-state index contributed by atoms with van der Waals surface area (Å²) in [6, 6.07) is 38.6. The van der Waals surface area contributed by atoms with E-state index in [1.165, 1.54) is 0 Å². The van der Waals surface area contributed by atoms with Crippen molar-refractivity contribution in [3.05, 3.63) is 128 Å². The molecule has 0 saturated carbocycles. The number of hydrogen-bond donors (Lipinski definition) is 0. The zero-order valence-electron chi connectivity index (χ0n) is 19.2. The number of rotatable bonds is 9. The molecular weight excluding hydrogens is 440 g/mol. The third-order valence-electron chi connectivity index (χ3n) is 5.61. The average molecular weight is 468 g/mol. The molecule has 1 aliphatic rings. The Morgan fingerprint density at radius 3 is 1.43 bits per heavy atom. The summed E-state index contributed by atoms with van der Waals surface area (Å²) in [6.07, 6.45) is -1.96. The van der Waals surface area contributed by atoms with Gasteiger partial charge in [-0.25, -0.2) is 0 Å². The molecule has 0 unspecified atom stereocenters. The Labute approximate surface area is 205 Å². The van der Waals surface area contributed by atoms with Crippen molar-refractivity contribution in [2.45, 2.75) is 24.4 Å². The Kier molecular flexibility index (Phi) is 7.46. The van der Waals surface area contributed by atoms with Gasteiger partial charge in [0.15, 0.2) is 18.3 Å². The summed E-state index contributed by atoms with van der Waals surface area (Å²) in [5, 5.41) is 0. The molecule has 5 rings (SSSR count). The van der Waals surface area contributed by atoms with Gasteiger partial charge >= 0.3 is 0 Å². The minimum atomic E-state index is -0.515. The molecule has 177 valence electrons. The Bertz CT molecular complexity index is 1140. The van der Waals surface area contributed by atoms with Crippen LogP contribution in [0.4, 0.5) is 0 Å². The fourth-order valence-corrected chi connectivity index (χ4v) is 3.90. The van der Waals surface area contributed by atoms with Gasteiger partial charge in [-0.05, 0) is 48.5 Å². The summed E-state index contributed by atoms with van der Waals surface area (Å²) in [7, 11) is 0. The monoisotopic (exact) mass is 467 g/mol. The van der Waals surface area contributed by atoms with Crippen molar-refractivity contribution in [2.24, 2.45) is 0 Å². The van der Waals surface area contributed by atoms with Crippen LogP contribution < -0.4 is 18.9 Å². The molecule has 4 atom stereocenters. The van der Waals surface area contributed by atoms with Crippen LogP contribution in [0.3, 0.4) is 0 Å². The fraction of sp³-hybridized carbons (Fsp3) is 0.167. The zero-order valence-corrected chi connectivity index (χ0v) is 19.2. The second kappa shape index (κ2) is 11.4. The van der Waals surface area contributed by atoms with Crippen LogP contribution in [-0.4, -0.2) is 31.0 Å². The highest BCUT2D eigenvalue weighted by Crippen LogP contribution is 2.30. The molecule has 1 aliphatic heterocycles. The third-order valence-corrected chi connectivity index (χ3v) is 5.61. The van der Waals surface area contributed by atoms with Crippen molar-refractivity contribution in [2.75, 3.05) is 6.61 Å². The molecule has 1 radical (unpaired) electrons. The largest absolute Gasteiger partial charge is 0.491 e. The second-order valence-corrected chi connectivity index (χ2v) is 8.12. The summed E-state index contributed by atoms with van der Waals surface area (Å²) in [6.45, 7) is 1.97. The van der Waals surface area contributed by atoms with E-state index in [2.05, 4.69) is 0 Å². The molecule has 35 heavy (non-hydrogen) atoms. The van der Waals surface area contributed by atoms with Crippen LogP contribution >= 0.6 is 0 Å². The Balaban J connectivity index is 1.43. The first-order valence-electron chi connectivity index (χ1n) is 11.7. The van der Waals surface area contributed by atoms with Crippen LogP contribution in [0.2, 0.25) is 0 Å². The fourth-order valence-electron chi connectivity index (χ4n) is 3.90. The summed E-state index contributed by atoms with van der Waals surface area (Å²) < 4.78 is 31.5. The quantitative estimate of drug-likeness (QED) is 0.304. The van der Waals surface area contributed by atoms with Crippen molar-refractivity contribution in [1.82, 2.24) is 0 Å². The van der Waals surface area contributed by atoms with Gasteiger partial charge in [0.1, 0.15) is 42.3 Å². The maximum absolute atomic E-state index is 6.49. The van der Waals surface area contributed by atoms with E-state index in [-0.39, 0.29) is 6.61 Å². The second-order valence-electron chi connectivity index (χ2n) is 8.12. The average Bonchev–Trinajstić information content (AvgIpc) is 2.92. The molecule has 1 saturated heterocycles. The topological polar surface area (TPSA) is 46.2 Å². The van der Waals surface area contributed by atoms with E-state index in [1.54, 1.807) is 6.61 Å². The van der Waals surface area contributed by atoms with E-state index >= 15 is 0 Å². The van der Waals surface area contributed by atoms with Crippen LogP contribution in [0, 0.1) is 6.61 Å². The number of benzene rings is 4. The normalized spacial score (nSPS) is 21.6. The molecule has 0 amide bonds. The van der Waals surface area contributed by atoms with Crippen LogP contribution in [0.15, 0.2) is 121 Å². The lowest BCUT2D eigenvalue weighted by Gasteiger charge is -2.41. The summed E-state index contributed by atoms with van der Waals surface area (Å²) in [4.78, 5) is 0. The van der Waals surface area contributed by atoms with Crippen LogP contribution in [-0.2, 0) is 4.74 Å². The lowest BCUT2D eigenvalue weighted by Crippen LogP contribution is -2.59. The Hall–Kier alpha value is -3.96. The van der Waals surface area contributed by atoms with Gasteiger partial charge in [0.05, 0.1) is 0 Å². The standard InChI is InChI=1S/C30H27O5/c1-5-13-23(14-6-1)31-21-27-29(34-25-17-9-3-10-18-25)30(35-26-19-11-4-12-20-26)28(22-32-27)33-24-15-7-2-8-16-24/h1-20,22,27-30H,21H2/t27-,28+,29-,30-/m1/s1. The van der Waals surface area contributed by atoms with Crippen molar-refractivity contribution < 1.29 is 23.7 Å². The van der Waals surface area contributed by atoms with Crippen molar-refractivity contribution in [3.63, 3.8) is 0 Å². The lowest BCUT2D eigenvalue weighted by molar-refractivity contribution is -0.143. The summed E-state index contributed by atoms with van der Waals surface area (Å²) in [5.41, 5.74) is 0. The molecule has 5 nitrogen and oxygen atoms in total. The molecule has 0 aromatic heterocycles. The Morgan fingerprint density at radius 2 is 0.914 bits per heavy atom. The van der Waals surface area contributed by atoms with Crippen LogP contribution in [0.1, 0.15) is 0 Å². The highest BCUT2D eigenvalue weighted by molar-refractivity contribution is 5.26. The SMILES string of the molecule is [CH]1O[C@H](COc2ccccc2)[C@@H](Oc2ccccc2)[C@H](Oc2ccccc2)[C@H]1Oc1ccccc1. The molecule has 4 aromatic rings. The van der Waals surface area contributed by atoms with Crippen LogP contribution in [0.25, 0.3) is 0 Å². The van der Waals surface area contributed by atoms with Gasteiger partial charge in [-0.3, -0.25) is 0 Å². The first kappa shape index (κ1) is 22.8. The first-order valence-corrected chi connectivity index (χ1v) is 11.7. The predicted molar refractivity (Wildman–Crippen MR) is 134 cm³/mol. The first-order chi connectivity index (χ1) is 17.3. The molecule has 0 aliphatic carbocycles. The minimum Gasteiger partial charge on any atom is -0.491 e. The number of para-hydroxylation sites is 4. The number of ether oxygens (including phenoxy) is 5. The summed E-state index contributed by atoms with van der Waals surface area (Å²) in [5.74, 6) is 2.92. The van der Waals surface area contributed by atoms with Gasteiger partial charge in [-0.1, -0.05) is 72.8 Å². The van der Waals surface area contributed by atoms with Gasteiger partial charge < -0.3 is 23.7 Å². The van der Waals surface area contributed by atoms with E-state index in [1.807, 2.05) is 121 Å². The molecule has 0 bridgehead atoms. The van der Waals surface area contributed by atoms with Gasteiger partial charge in [0.2, 0.25) is 0 Å². The van der Waals surface area contributed by atoms with E-state index in [0.29, 0.717) is 5.75 Å². The third kappa shape index (κ3) is 6.14. The lowest BCUT2D eigenvalue weighted by atomic mass is 9.99. The van der Waals surface area contributed by atoms with Gasteiger partial charge in [-0.15, -0.1) is 0 Å². The van der Waals surface area contributed by atoms with Gasteiger partial charge in [0.25, 0.3) is 0 Å². The maximum atomic E-state index is 6.49. The Morgan fingerprint density at radius 1 is 0.486 bits per heavy atom. The molecular formula is C30H27O5. The minimum absolute atomic E-state index is 0.282. The highest BCUT2D eigenvalue weighted by Gasteiger charge is 2.46. The molecule has 0 spiro atoms. The summed E-state index contributed by atoms with van der Waals surface area (Å²) >= 11 is 0. The molecule has 5 heteroatoms. The zero-order chi connectivity index (χ0) is 23.7. The highest BCUT2D eigenvalue weighted by atomic mass is 16.6. The molecule has 4 aromatic carbocycles. The van der Waals surface area contributed by atoms with Crippen molar-refractivity contribution >= 4 is 0 Å². The molecule has 0 N–H and O–H groups in total. The van der Waals surface area contributed by atoms with Crippen molar-refractivity contribution in [3.8, 4) is 23.0 Å². The van der Waals surface area contributed by atoms with Gasteiger partial charge in [0, 0.05) is 0 Å². The molecule has 1 heterocycles. The van der Waals surface area contributed by atoms with E-state index in [0.717, 1.165) is 17.2 Å². The smallest absolute Gasteiger partial charge is 0.177 e. The maximum Gasteiger partial charge on any atom is 0.177 e. The van der Waals surface area contributed by atoms with E-state index in [9.17, 15) is 0 Å². The molecule has 1 fully saturated rings. The van der Waals surface area contributed by atoms with E-state index < -0.39 is 24.4 Å². The number of hydrogen-bond acceptors (Lipinski definition) is 5. The predicted octanol–water partition coefficient (Wildman–Crippen LogP) is 5.97. The van der Waals surface area contributed by atoms with Crippen LogP contribution in [0.5, 0.6) is 23.0 Å². The van der Waals surface area contributed by atoms with E-state index in [4.69, 9.17) is 23.7 Å². The van der Waals surface area contributed by atoms with Gasteiger partial charge in [-0.2, -0.15) is 0 Å².